The summed E-state index contributed by atoms with van der Waals surface area (Å²) in [6.07, 6.45) is -0.0813. The number of hydrogen-bond acceptors (Lipinski definition) is 2. The maximum atomic E-state index is 13.0. The summed E-state index contributed by atoms with van der Waals surface area (Å²) in [5.41, 5.74) is 0. The lowest BCUT2D eigenvalue weighted by Crippen LogP contribution is -2.41. The quantitative estimate of drug-likeness (QED) is 0.468. The van der Waals surface area contributed by atoms with Crippen molar-refractivity contribution in [2.45, 2.75) is 20.0 Å². The monoisotopic (exact) mass is 381 g/mol. The Hall–Kier alpha value is -1.05. The molecule has 0 amide bonds. The average Bonchev–Trinajstić information content (AvgIpc) is 2.34. The lowest BCUT2D eigenvalue weighted by atomic mass is 10.3. The summed E-state index contributed by atoms with van der Waals surface area (Å²) in [6.45, 7) is 5.31. The SMILES string of the molecule is CCNC(=NC)NCC(C)Oc1cccc(F)c1.I. The van der Waals surface area contributed by atoms with Crippen molar-refractivity contribution in [3.05, 3.63) is 30.1 Å². The van der Waals surface area contributed by atoms with Crippen molar-refractivity contribution in [3.8, 4) is 5.75 Å². The fourth-order valence-electron chi connectivity index (χ4n) is 1.44. The molecule has 108 valence electrons. The molecule has 4 nitrogen and oxygen atoms in total. The maximum absolute atomic E-state index is 13.0. The number of benzene rings is 1. The Balaban J connectivity index is 0.00000324. The zero-order valence-corrected chi connectivity index (χ0v) is 13.8. The molecule has 0 aliphatic carbocycles. The average molecular weight is 381 g/mol. The van der Waals surface area contributed by atoms with Crippen LogP contribution in [0.5, 0.6) is 5.75 Å². The maximum Gasteiger partial charge on any atom is 0.191 e. The number of guanidine groups is 1. The molecule has 0 bridgehead atoms. The van der Waals surface area contributed by atoms with E-state index >= 15 is 0 Å². The van der Waals surface area contributed by atoms with Gasteiger partial charge in [-0.25, -0.2) is 4.39 Å². The molecule has 0 heterocycles. The van der Waals surface area contributed by atoms with E-state index < -0.39 is 0 Å². The first-order valence-corrected chi connectivity index (χ1v) is 6.02. The zero-order valence-electron chi connectivity index (χ0n) is 11.4. The number of aliphatic imine (C=N–C) groups is 1. The normalized spacial score (nSPS) is 12.3. The van der Waals surface area contributed by atoms with Crippen LogP contribution >= 0.6 is 24.0 Å². The number of halogens is 2. The van der Waals surface area contributed by atoms with E-state index in [1.165, 1.54) is 12.1 Å². The molecular formula is C13H21FIN3O. The summed E-state index contributed by atoms with van der Waals surface area (Å²) < 4.78 is 18.5. The van der Waals surface area contributed by atoms with Crippen molar-refractivity contribution in [2.75, 3.05) is 20.1 Å². The molecule has 0 saturated carbocycles. The van der Waals surface area contributed by atoms with Crippen LogP contribution in [0.4, 0.5) is 4.39 Å². The van der Waals surface area contributed by atoms with E-state index in [4.69, 9.17) is 4.74 Å². The van der Waals surface area contributed by atoms with Crippen LogP contribution in [0.1, 0.15) is 13.8 Å². The van der Waals surface area contributed by atoms with Gasteiger partial charge in [0.2, 0.25) is 0 Å². The Kier molecular flexibility index (Phi) is 9.28. The van der Waals surface area contributed by atoms with Crippen LogP contribution in [0.15, 0.2) is 29.3 Å². The number of hydrogen-bond donors (Lipinski definition) is 2. The molecule has 1 aromatic carbocycles. The van der Waals surface area contributed by atoms with Crippen LogP contribution in [-0.4, -0.2) is 32.2 Å². The van der Waals surface area contributed by atoms with Gasteiger partial charge in [-0.1, -0.05) is 6.07 Å². The molecule has 1 aromatic rings. The van der Waals surface area contributed by atoms with Crippen molar-refractivity contribution in [2.24, 2.45) is 4.99 Å². The van der Waals surface area contributed by atoms with Crippen LogP contribution in [0.2, 0.25) is 0 Å². The van der Waals surface area contributed by atoms with E-state index in [0.717, 1.165) is 12.5 Å². The van der Waals surface area contributed by atoms with Gasteiger partial charge in [0, 0.05) is 19.7 Å². The largest absolute Gasteiger partial charge is 0.489 e. The molecule has 0 aliphatic rings. The number of nitrogens with zero attached hydrogens (tertiary/aromatic N) is 1. The smallest absolute Gasteiger partial charge is 0.191 e. The minimum absolute atomic E-state index is 0. The third kappa shape index (κ3) is 7.19. The standard InChI is InChI=1S/C13H20FN3O.HI/c1-4-16-13(15-3)17-9-10(2)18-12-7-5-6-11(14)8-12;/h5-8,10H,4,9H2,1-3H3,(H2,15,16,17);1H. The summed E-state index contributed by atoms with van der Waals surface area (Å²) in [4.78, 5) is 4.05. The van der Waals surface area contributed by atoms with Gasteiger partial charge in [0.15, 0.2) is 5.96 Å². The van der Waals surface area contributed by atoms with Crippen LogP contribution in [0.25, 0.3) is 0 Å². The first kappa shape index (κ1) is 17.9. The second kappa shape index (κ2) is 9.82. The second-order valence-electron chi connectivity index (χ2n) is 3.87. The van der Waals surface area contributed by atoms with Gasteiger partial charge < -0.3 is 15.4 Å². The first-order valence-electron chi connectivity index (χ1n) is 6.02. The minimum Gasteiger partial charge on any atom is -0.489 e. The molecular weight excluding hydrogens is 360 g/mol. The van der Waals surface area contributed by atoms with Crippen molar-refractivity contribution in [3.63, 3.8) is 0 Å². The van der Waals surface area contributed by atoms with Gasteiger partial charge >= 0.3 is 0 Å². The molecule has 0 spiro atoms. The topological polar surface area (TPSA) is 45.7 Å². The Labute approximate surface area is 130 Å². The van der Waals surface area contributed by atoms with E-state index in [-0.39, 0.29) is 35.9 Å². The van der Waals surface area contributed by atoms with Crippen LogP contribution in [0, 0.1) is 5.82 Å². The van der Waals surface area contributed by atoms with Crippen molar-refractivity contribution in [1.29, 1.82) is 0 Å². The highest BCUT2D eigenvalue weighted by atomic mass is 127. The first-order chi connectivity index (χ1) is 8.65. The van der Waals surface area contributed by atoms with Crippen LogP contribution in [0.3, 0.4) is 0 Å². The van der Waals surface area contributed by atoms with Crippen molar-refractivity contribution in [1.82, 2.24) is 10.6 Å². The fraction of sp³-hybridized carbons (Fsp3) is 0.462. The molecule has 6 heteroatoms. The molecule has 1 rings (SSSR count). The number of rotatable bonds is 5. The van der Waals surface area contributed by atoms with Gasteiger partial charge in [0.05, 0.1) is 6.54 Å². The van der Waals surface area contributed by atoms with E-state index in [1.807, 2.05) is 13.8 Å². The van der Waals surface area contributed by atoms with Gasteiger partial charge in [-0.3, -0.25) is 4.99 Å². The summed E-state index contributed by atoms with van der Waals surface area (Å²) in [5.74, 6) is 0.964. The molecule has 0 fully saturated rings. The summed E-state index contributed by atoms with van der Waals surface area (Å²) in [6, 6.07) is 6.12. The van der Waals surface area contributed by atoms with Crippen LogP contribution in [-0.2, 0) is 0 Å². The fourth-order valence-corrected chi connectivity index (χ4v) is 1.44. The Morgan fingerprint density at radius 2 is 2.16 bits per heavy atom. The molecule has 2 N–H and O–H groups in total. The molecule has 1 unspecified atom stereocenters. The van der Waals surface area contributed by atoms with Gasteiger partial charge in [-0.15, -0.1) is 24.0 Å². The highest BCUT2D eigenvalue weighted by molar-refractivity contribution is 14.0. The van der Waals surface area contributed by atoms with Gasteiger partial charge in [-0.2, -0.15) is 0 Å². The number of nitrogens with one attached hydrogen (secondary N) is 2. The second-order valence-corrected chi connectivity index (χ2v) is 3.87. The molecule has 0 aliphatic heterocycles. The summed E-state index contributed by atoms with van der Waals surface area (Å²) in [5, 5.41) is 6.21. The van der Waals surface area contributed by atoms with E-state index in [9.17, 15) is 4.39 Å². The highest BCUT2D eigenvalue weighted by Gasteiger charge is 2.05. The van der Waals surface area contributed by atoms with E-state index in [0.29, 0.717) is 12.3 Å². The Morgan fingerprint density at radius 1 is 1.42 bits per heavy atom. The lowest BCUT2D eigenvalue weighted by molar-refractivity contribution is 0.223. The number of ether oxygens (including phenoxy) is 1. The summed E-state index contributed by atoms with van der Waals surface area (Å²) in [7, 11) is 1.71. The minimum atomic E-state index is -0.295. The highest BCUT2D eigenvalue weighted by Crippen LogP contribution is 2.13. The van der Waals surface area contributed by atoms with Crippen molar-refractivity contribution < 1.29 is 9.13 Å². The molecule has 0 saturated heterocycles. The lowest BCUT2D eigenvalue weighted by Gasteiger charge is -2.17. The Morgan fingerprint density at radius 3 is 2.74 bits per heavy atom. The molecule has 19 heavy (non-hydrogen) atoms. The molecule has 0 radical (unpaired) electrons. The molecule has 1 atom stereocenters. The van der Waals surface area contributed by atoms with Gasteiger partial charge in [-0.05, 0) is 26.0 Å². The van der Waals surface area contributed by atoms with Gasteiger partial charge in [0.1, 0.15) is 17.7 Å². The Bertz CT molecular complexity index is 401. The third-order valence-electron chi connectivity index (χ3n) is 2.26. The zero-order chi connectivity index (χ0) is 13.4. The third-order valence-corrected chi connectivity index (χ3v) is 2.26. The van der Waals surface area contributed by atoms with Crippen molar-refractivity contribution >= 4 is 29.9 Å². The van der Waals surface area contributed by atoms with E-state index in [2.05, 4.69) is 15.6 Å². The predicted molar refractivity (Wildman–Crippen MR) is 86.9 cm³/mol. The van der Waals surface area contributed by atoms with Crippen LogP contribution < -0.4 is 15.4 Å². The predicted octanol–water partition coefficient (Wildman–Crippen LogP) is 2.40. The molecule has 0 aromatic heterocycles. The van der Waals surface area contributed by atoms with Gasteiger partial charge in [0.25, 0.3) is 0 Å². The van der Waals surface area contributed by atoms with E-state index in [1.54, 1.807) is 19.2 Å². The summed E-state index contributed by atoms with van der Waals surface area (Å²) >= 11 is 0.